The van der Waals surface area contributed by atoms with Crippen LogP contribution in [0.15, 0.2) is 187 Å². The lowest BCUT2D eigenvalue weighted by molar-refractivity contribution is 0.664. The minimum Gasteiger partial charge on any atom is -0.452 e. The molecule has 0 radical (unpaired) electrons. The second kappa shape index (κ2) is 15.1. The molecule has 0 atom stereocenters. The number of hydrogen-bond acceptors (Lipinski definition) is 7. The minimum atomic E-state index is 0.610. The Kier molecular flexibility index (Phi) is 8.83. The van der Waals surface area contributed by atoms with E-state index >= 15 is 0 Å². The summed E-state index contributed by atoms with van der Waals surface area (Å²) in [5.74, 6) is 2.51. The van der Waals surface area contributed by atoms with Gasteiger partial charge in [0.05, 0.1) is 11.0 Å². The smallest absolute Gasteiger partial charge is 0.179 e. The zero-order valence-electron chi connectivity index (χ0n) is 33.9. The Bertz CT molecular complexity index is 3770. The normalized spacial score (nSPS) is 11.9. The predicted octanol–water partition coefficient (Wildman–Crippen LogP) is 14.7. The third kappa shape index (κ3) is 6.30. The molecule has 298 valence electrons. The second-order valence-corrected chi connectivity index (χ2v) is 16.6. The minimum absolute atomic E-state index is 0.610. The summed E-state index contributed by atoms with van der Waals surface area (Å²) in [4.78, 5) is 25.7. The van der Waals surface area contributed by atoms with E-state index in [9.17, 15) is 0 Å². The molecule has 0 saturated carbocycles. The molecule has 12 aromatic rings. The highest BCUT2D eigenvalue weighted by Gasteiger charge is 2.20. The topological polar surface area (TPSA) is 82.5 Å². The molecule has 7 nitrogen and oxygen atoms in total. The van der Waals surface area contributed by atoms with Crippen molar-refractivity contribution in [1.29, 1.82) is 0 Å². The highest BCUT2D eigenvalue weighted by atomic mass is 32.1. The van der Waals surface area contributed by atoms with Crippen LogP contribution in [0.25, 0.3) is 121 Å². The number of allylic oxidation sites excluding steroid dienone is 2. The molecule has 8 heteroatoms. The van der Waals surface area contributed by atoms with E-state index in [2.05, 4.69) is 132 Å². The maximum Gasteiger partial charge on any atom is 0.179 e. The van der Waals surface area contributed by atoms with Gasteiger partial charge in [-0.15, -0.1) is 17.9 Å². The van der Waals surface area contributed by atoms with Gasteiger partial charge in [0.25, 0.3) is 0 Å². The van der Waals surface area contributed by atoms with Gasteiger partial charge in [-0.3, -0.25) is 0 Å². The number of para-hydroxylation sites is 3. The van der Waals surface area contributed by atoms with Gasteiger partial charge in [0.1, 0.15) is 16.8 Å². The van der Waals surface area contributed by atoms with E-state index in [0.29, 0.717) is 28.9 Å². The van der Waals surface area contributed by atoms with Crippen molar-refractivity contribution in [3.05, 3.63) is 188 Å². The Labute approximate surface area is 366 Å². The first-order valence-electron chi connectivity index (χ1n) is 21.0. The molecule has 0 aliphatic carbocycles. The lowest BCUT2D eigenvalue weighted by Gasteiger charge is -2.10. The number of thiophene rings is 1. The fraction of sp³-hybridized carbons (Fsp3) is 0.0364. The predicted molar refractivity (Wildman–Crippen MR) is 260 cm³/mol. The number of unbranched alkanes of at least 4 members (excludes halogenated alkanes) is 1. The molecule has 0 amide bonds. The summed E-state index contributed by atoms with van der Waals surface area (Å²) >= 11 is 1.73. The molecular weight excluding hydrogens is 793 g/mol. The summed E-state index contributed by atoms with van der Waals surface area (Å²) in [6, 6.07) is 56.7. The van der Waals surface area contributed by atoms with Gasteiger partial charge < -0.3 is 8.98 Å². The van der Waals surface area contributed by atoms with Gasteiger partial charge in [0.2, 0.25) is 0 Å². The van der Waals surface area contributed by atoms with E-state index < -0.39 is 0 Å². The van der Waals surface area contributed by atoms with E-state index in [1.165, 1.54) is 5.39 Å². The summed E-state index contributed by atoms with van der Waals surface area (Å²) in [6.07, 6.45) is 7.85. The van der Waals surface area contributed by atoms with Gasteiger partial charge in [0.15, 0.2) is 28.9 Å². The molecule has 0 unspecified atom stereocenters. The van der Waals surface area contributed by atoms with Crippen LogP contribution in [0.5, 0.6) is 0 Å². The van der Waals surface area contributed by atoms with Gasteiger partial charge in [-0.25, -0.2) is 24.9 Å². The molecule has 0 N–H and O–H groups in total. The van der Waals surface area contributed by atoms with Crippen molar-refractivity contribution in [2.24, 2.45) is 0 Å². The van der Waals surface area contributed by atoms with Crippen molar-refractivity contribution in [2.75, 3.05) is 0 Å². The lowest BCUT2D eigenvalue weighted by atomic mass is 10.1. The van der Waals surface area contributed by atoms with Crippen molar-refractivity contribution < 1.29 is 4.42 Å². The summed E-state index contributed by atoms with van der Waals surface area (Å²) in [5.41, 5.74) is 10.2. The molecule has 7 aromatic carbocycles. The number of furan rings is 1. The molecule has 5 heterocycles. The third-order valence-corrected chi connectivity index (χ3v) is 12.9. The van der Waals surface area contributed by atoms with Gasteiger partial charge in [-0.2, -0.15) is 0 Å². The number of nitrogens with zero attached hydrogens (tertiary/aromatic N) is 6. The van der Waals surface area contributed by atoms with Gasteiger partial charge in [-0.1, -0.05) is 115 Å². The van der Waals surface area contributed by atoms with Crippen LogP contribution in [-0.2, 0) is 0 Å². The number of hydrogen-bond donors (Lipinski definition) is 0. The van der Waals surface area contributed by atoms with Gasteiger partial charge in [-0.05, 0) is 79.6 Å². The molecule has 0 aliphatic heterocycles. The van der Waals surface area contributed by atoms with Crippen LogP contribution in [0.2, 0.25) is 0 Å². The number of rotatable bonds is 9. The molecule has 0 bridgehead atoms. The van der Waals surface area contributed by atoms with Crippen molar-refractivity contribution in [1.82, 2.24) is 29.5 Å². The van der Waals surface area contributed by atoms with Gasteiger partial charge >= 0.3 is 0 Å². The maximum absolute atomic E-state index is 6.34. The van der Waals surface area contributed by atoms with Crippen LogP contribution in [-0.4, -0.2) is 29.5 Å². The molecule has 0 spiro atoms. The van der Waals surface area contributed by atoms with E-state index in [-0.39, 0.29) is 0 Å². The first-order chi connectivity index (χ1) is 31.2. The monoisotopic (exact) mass is 828 g/mol. The zero-order valence-corrected chi connectivity index (χ0v) is 34.8. The first-order valence-corrected chi connectivity index (χ1v) is 21.8. The Morgan fingerprint density at radius 2 is 1.21 bits per heavy atom. The van der Waals surface area contributed by atoms with Crippen LogP contribution in [0.1, 0.15) is 18.5 Å². The van der Waals surface area contributed by atoms with Crippen molar-refractivity contribution in [2.45, 2.75) is 12.8 Å². The van der Waals surface area contributed by atoms with Crippen molar-refractivity contribution in [3.63, 3.8) is 0 Å². The average molecular weight is 829 g/mol. The summed E-state index contributed by atoms with van der Waals surface area (Å²) in [7, 11) is 0. The highest BCUT2D eigenvalue weighted by molar-refractivity contribution is 7.26. The molecule has 0 aliphatic rings. The van der Waals surface area contributed by atoms with Crippen molar-refractivity contribution in [3.8, 4) is 51.2 Å². The maximum atomic E-state index is 6.34. The molecule has 0 saturated heterocycles. The fourth-order valence-corrected chi connectivity index (χ4v) is 9.94. The Morgan fingerprint density at radius 1 is 0.524 bits per heavy atom. The van der Waals surface area contributed by atoms with Crippen LogP contribution in [0.4, 0.5) is 0 Å². The quantitative estimate of drug-likeness (QED) is 0.106. The summed E-state index contributed by atoms with van der Waals surface area (Å²) in [5, 5.41) is 5.57. The van der Waals surface area contributed by atoms with E-state index in [4.69, 9.17) is 29.3 Å². The Hall–Kier alpha value is -8.07. The largest absolute Gasteiger partial charge is 0.452 e. The number of benzene rings is 7. The molecule has 63 heavy (non-hydrogen) atoms. The van der Waals surface area contributed by atoms with Crippen LogP contribution in [0.3, 0.4) is 0 Å². The number of fused-ring (bicyclic) bond motifs is 9. The van der Waals surface area contributed by atoms with E-state index in [0.717, 1.165) is 99.6 Å². The molecule has 12 rings (SSSR count). The molecule has 5 aromatic heterocycles. The van der Waals surface area contributed by atoms with Gasteiger partial charge in [0, 0.05) is 64.3 Å². The van der Waals surface area contributed by atoms with E-state index in [1.54, 1.807) is 11.3 Å². The highest BCUT2D eigenvalue weighted by Crippen LogP contribution is 2.42. The van der Waals surface area contributed by atoms with E-state index in [1.807, 2.05) is 60.7 Å². The third-order valence-electron chi connectivity index (χ3n) is 11.7. The second-order valence-electron chi connectivity index (χ2n) is 15.6. The molecule has 0 fully saturated rings. The zero-order chi connectivity index (χ0) is 41.9. The lowest BCUT2D eigenvalue weighted by Crippen LogP contribution is -2.00. The summed E-state index contributed by atoms with van der Waals surface area (Å²) < 4.78 is 10.9. The van der Waals surface area contributed by atoms with Crippen LogP contribution < -0.4 is 0 Å². The van der Waals surface area contributed by atoms with Crippen molar-refractivity contribution >= 4 is 81.5 Å². The standard InChI is InChI=1S/C55H36N6OS/c1-2-3-4-11-25-44-50-49(41-22-13-15-27-47(41)62-50)57-55(56-44)42-24-16-23-40-39-30-28-36(33-48(39)63-51(40)42)54-59-52(34-17-7-5-8-18-34)58-53(60-54)35-29-31-46-43(32-35)38-21-12-14-26-45(38)61(46)37-19-9-6-10-20-37/h2,5-33H,1,3-4H2/b25-11+. The van der Waals surface area contributed by atoms with Crippen LogP contribution in [0, 0.1) is 0 Å². The molecular formula is C55H36N6OS. The summed E-state index contributed by atoms with van der Waals surface area (Å²) in [6.45, 7) is 3.88. The van der Waals surface area contributed by atoms with Crippen LogP contribution >= 0.6 is 11.3 Å². The Morgan fingerprint density at radius 3 is 2.03 bits per heavy atom. The first kappa shape index (κ1) is 36.8. The SMILES string of the molecule is C=CCC/C=C/c1nc(-c2cccc3c2sc2cc(-c4nc(-c5ccccc5)nc(-c5ccc6c(c5)c5ccccc5n6-c5ccccc5)n4)ccc23)nc2c1oc1ccccc12. The Balaban J connectivity index is 0.999. The fourth-order valence-electron chi connectivity index (χ4n) is 8.69. The number of aromatic nitrogens is 6. The average Bonchev–Trinajstić information content (AvgIpc) is 4.02.